The Balaban J connectivity index is 1.36. The van der Waals surface area contributed by atoms with E-state index in [9.17, 15) is 30.4 Å². The summed E-state index contributed by atoms with van der Waals surface area (Å²) in [6.07, 6.45) is 6.90. The van der Waals surface area contributed by atoms with Gasteiger partial charge in [0.05, 0.1) is 31.7 Å². The van der Waals surface area contributed by atoms with Gasteiger partial charge in [0.15, 0.2) is 11.5 Å². The van der Waals surface area contributed by atoms with E-state index in [1.54, 1.807) is 25.3 Å². The molecule has 10 nitrogen and oxygen atoms in total. The van der Waals surface area contributed by atoms with Gasteiger partial charge in [-0.15, -0.1) is 0 Å². The van der Waals surface area contributed by atoms with Gasteiger partial charge in [-0.3, -0.25) is 4.79 Å². The van der Waals surface area contributed by atoms with Crippen molar-refractivity contribution in [2.24, 2.45) is 5.92 Å². The van der Waals surface area contributed by atoms with Gasteiger partial charge in [0, 0.05) is 36.6 Å². The monoisotopic (exact) mass is 524 g/mol. The van der Waals surface area contributed by atoms with Crippen LogP contribution in [0.3, 0.4) is 0 Å². The highest BCUT2D eigenvalue weighted by molar-refractivity contribution is 5.92. The Morgan fingerprint density at radius 3 is 2.74 bits per heavy atom. The molecular weight excluding hydrogens is 492 g/mol. The maximum Gasteiger partial charge on any atom is 0.246 e. The number of furan rings is 1. The van der Waals surface area contributed by atoms with Crippen molar-refractivity contribution in [2.75, 3.05) is 20.1 Å². The highest BCUT2D eigenvalue weighted by Gasteiger charge is 2.83. The molecule has 2 aromatic rings. The Morgan fingerprint density at radius 1 is 1.24 bits per heavy atom. The van der Waals surface area contributed by atoms with Crippen LogP contribution < -0.4 is 4.74 Å². The zero-order valence-electron chi connectivity index (χ0n) is 21.1. The van der Waals surface area contributed by atoms with E-state index in [2.05, 4.69) is 0 Å². The molecule has 2 bridgehead atoms. The lowest BCUT2D eigenvalue weighted by molar-refractivity contribution is -0.929. The first kappa shape index (κ1) is 24.2. The number of likely N-dealkylation sites (N-methyl/N-ethyl adjacent to an activating group) is 1. The molecule has 3 fully saturated rings. The highest BCUT2D eigenvalue weighted by atomic mass is 16.6. The maximum absolute atomic E-state index is 14.4. The lowest BCUT2D eigenvalue weighted by Crippen LogP contribution is -2.85. The predicted octanol–water partition coefficient (Wildman–Crippen LogP) is 1.91. The number of likely N-dealkylation sites (tertiary alicyclic amines) is 1. The minimum absolute atomic E-state index is 0.00398. The van der Waals surface area contributed by atoms with Gasteiger partial charge in [-0.25, -0.2) is 0 Å². The van der Waals surface area contributed by atoms with Gasteiger partial charge in [-0.1, -0.05) is 6.07 Å². The molecule has 7 atom stereocenters. The fourth-order valence-electron chi connectivity index (χ4n) is 8.15. The summed E-state index contributed by atoms with van der Waals surface area (Å²) in [7, 11) is 1.57. The number of quaternary nitrogens is 1. The van der Waals surface area contributed by atoms with Crippen LogP contribution in [0.25, 0.3) is 6.08 Å². The van der Waals surface area contributed by atoms with Gasteiger partial charge in [0.2, 0.25) is 11.7 Å². The number of piperidine rings is 1. The van der Waals surface area contributed by atoms with Crippen LogP contribution in [0.15, 0.2) is 41.2 Å². The summed E-state index contributed by atoms with van der Waals surface area (Å²) in [6.45, 7) is 0.381. The highest BCUT2D eigenvalue weighted by Crippen LogP contribution is 2.71. The normalized spacial score (nSPS) is 40.6. The Hall–Kier alpha value is -2.89. The molecule has 1 saturated heterocycles. The van der Waals surface area contributed by atoms with E-state index >= 15 is 0 Å². The molecule has 0 radical (unpaired) electrons. The topological polar surface area (TPSA) is 147 Å². The van der Waals surface area contributed by atoms with Gasteiger partial charge in [-0.05, 0) is 49.5 Å². The average Bonchev–Trinajstić information content (AvgIpc) is 3.41. The van der Waals surface area contributed by atoms with Crippen LogP contribution in [0.2, 0.25) is 0 Å². The van der Waals surface area contributed by atoms with Crippen LogP contribution >= 0.6 is 0 Å². The first-order valence-corrected chi connectivity index (χ1v) is 13.3. The van der Waals surface area contributed by atoms with Crippen LogP contribution in [0.1, 0.15) is 54.9 Å². The number of carbonyl (C=O) groups is 1. The van der Waals surface area contributed by atoms with Crippen molar-refractivity contribution in [1.29, 1.82) is 0 Å². The molecule has 2 saturated carbocycles. The molecule has 3 aliphatic carbocycles. The van der Waals surface area contributed by atoms with E-state index in [1.807, 2.05) is 0 Å². The molecule has 1 aromatic heterocycles. The van der Waals surface area contributed by atoms with Crippen molar-refractivity contribution in [3.63, 3.8) is 0 Å². The zero-order chi connectivity index (χ0) is 26.7. The molecule has 5 aliphatic rings. The molecule has 4 N–H and O–H groups in total. The van der Waals surface area contributed by atoms with E-state index < -0.39 is 39.6 Å². The van der Waals surface area contributed by atoms with Gasteiger partial charge < -0.3 is 44.3 Å². The first-order chi connectivity index (χ1) is 18.1. The van der Waals surface area contributed by atoms with Crippen molar-refractivity contribution >= 4 is 12.0 Å². The molecule has 7 rings (SSSR count). The third-order valence-electron chi connectivity index (χ3n) is 9.97. The molecule has 10 heteroatoms. The van der Waals surface area contributed by atoms with Crippen LogP contribution in [0.4, 0.5) is 0 Å². The summed E-state index contributed by atoms with van der Waals surface area (Å²) < 4.78 is 10.5. The number of ether oxygens (including phenoxy) is 1. The second-order valence-electron chi connectivity index (χ2n) is 11.8. The smallest absolute Gasteiger partial charge is 0.246 e. The van der Waals surface area contributed by atoms with Crippen LogP contribution in [-0.4, -0.2) is 79.5 Å². The molecule has 3 heterocycles. The number of phenols is 1. The number of carbonyl (C=O) groups excluding carboxylic acids is 1. The van der Waals surface area contributed by atoms with Gasteiger partial charge in [0.25, 0.3) is 0 Å². The number of aliphatic hydroxyl groups is 3. The third-order valence-corrected chi connectivity index (χ3v) is 9.97. The van der Waals surface area contributed by atoms with Gasteiger partial charge in [0.1, 0.15) is 23.2 Å². The zero-order valence-corrected chi connectivity index (χ0v) is 21.1. The number of nitrogens with zero attached hydrogens (tertiary/aromatic N) is 2. The number of amides is 1. The molecule has 38 heavy (non-hydrogen) atoms. The number of hydroxylamine groups is 3. The lowest BCUT2D eigenvalue weighted by Gasteiger charge is -2.70. The minimum Gasteiger partial charge on any atom is -0.632 e. The second kappa shape index (κ2) is 7.61. The number of hydrogen-bond donors (Lipinski definition) is 4. The summed E-state index contributed by atoms with van der Waals surface area (Å²) in [4.78, 5) is 14.6. The summed E-state index contributed by atoms with van der Waals surface area (Å²) in [5.41, 5.74) is -1.88. The van der Waals surface area contributed by atoms with Crippen molar-refractivity contribution in [3.05, 3.63) is 58.7 Å². The second-order valence-corrected chi connectivity index (χ2v) is 11.8. The first-order valence-electron chi connectivity index (χ1n) is 13.3. The summed E-state index contributed by atoms with van der Waals surface area (Å²) in [6, 6.07) is 2.63. The third kappa shape index (κ3) is 2.82. The fourth-order valence-corrected chi connectivity index (χ4v) is 8.15. The molecule has 1 amide bonds. The van der Waals surface area contributed by atoms with E-state index in [0.29, 0.717) is 23.2 Å². The van der Waals surface area contributed by atoms with Crippen molar-refractivity contribution in [1.82, 2.24) is 4.90 Å². The fraction of sp³-hybridized carbons (Fsp3) is 0.536. The van der Waals surface area contributed by atoms with E-state index in [-0.39, 0.29) is 49.1 Å². The molecule has 202 valence electrons. The van der Waals surface area contributed by atoms with Gasteiger partial charge in [-0.2, -0.15) is 0 Å². The Morgan fingerprint density at radius 2 is 2.03 bits per heavy atom. The molecule has 1 unspecified atom stereocenters. The van der Waals surface area contributed by atoms with E-state index in [4.69, 9.17) is 9.15 Å². The molecular formula is C28H32N2O8. The lowest BCUT2D eigenvalue weighted by atomic mass is 9.46. The summed E-state index contributed by atoms with van der Waals surface area (Å²) >= 11 is 0. The van der Waals surface area contributed by atoms with E-state index in [1.165, 1.54) is 29.6 Å². The van der Waals surface area contributed by atoms with Gasteiger partial charge >= 0.3 is 0 Å². The van der Waals surface area contributed by atoms with E-state index in [0.717, 1.165) is 12.8 Å². The average molecular weight is 525 g/mol. The largest absolute Gasteiger partial charge is 0.632 e. The number of aromatic hydroxyl groups is 1. The standard InChI is InChI=1S/C28H32N2O8/c1-29(21(32)7-4-17-9-13-37-15-17)20-8-10-27(34)25-23(33)18-5-6-19(31)24-22(18)26(27,28(20,35)38-24)11-12-30(25,36)14-16-2-3-16/h4-7,9,13,15-16,20,23,25,31,33-35H,2-3,8,10-12,14H2,1H3/b7-4+/t20-,23?,25-,26-,27-,28+,30-/m1/s1. The number of benzene rings is 1. The SMILES string of the molecule is CN(C(=O)/C=C/c1ccoc1)[C@@H]1CC[C@@]2(O)[C@H]3C(O)c4ccc(O)c5c4[C@@]2(CC[N@@+]3([O-])CC2CC2)[C@@]1(O)O5. The predicted molar refractivity (Wildman–Crippen MR) is 133 cm³/mol. The quantitative estimate of drug-likeness (QED) is 0.264. The Labute approximate surface area is 219 Å². The number of hydrogen-bond acceptors (Lipinski definition) is 8. The maximum atomic E-state index is 14.4. The van der Waals surface area contributed by atoms with Crippen molar-refractivity contribution < 1.29 is 39.0 Å². The number of phenolic OH excluding ortho intramolecular Hbond substituents is 1. The summed E-state index contributed by atoms with van der Waals surface area (Å²) in [5, 5.41) is 61.8. The van der Waals surface area contributed by atoms with Crippen LogP contribution in [0.5, 0.6) is 11.5 Å². The minimum atomic E-state index is -2.13. The molecule has 1 spiro atoms. The molecule has 2 aliphatic heterocycles. The summed E-state index contributed by atoms with van der Waals surface area (Å²) in [5.74, 6) is -2.49. The Kier molecular flexibility index (Phi) is 4.84. The van der Waals surface area contributed by atoms with Crippen molar-refractivity contribution in [2.45, 2.75) is 67.1 Å². The molecule has 1 aromatic carbocycles. The Bertz CT molecular complexity index is 1340. The van der Waals surface area contributed by atoms with Crippen LogP contribution in [-0.2, 0) is 10.2 Å². The number of aliphatic hydroxyl groups excluding tert-OH is 1. The van der Waals surface area contributed by atoms with Crippen LogP contribution in [0, 0.1) is 11.1 Å². The number of rotatable bonds is 5. The van der Waals surface area contributed by atoms with Crippen molar-refractivity contribution in [3.8, 4) is 11.5 Å².